The number of ether oxygens (including phenoxy) is 3. The van der Waals surface area contributed by atoms with Gasteiger partial charge in [0, 0.05) is 19.4 Å². The fourth-order valence-corrected chi connectivity index (χ4v) is 1.72. The number of carbonyl (C=O) groups is 1. The van der Waals surface area contributed by atoms with Crippen LogP contribution in [0.5, 0.6) is 11.5 Å². The van der Waals surface area contributed by atoms with Crippen LogP contribution in [0.4, 0.5) is 0 Å². The molecule has 1 unspecified atom stereocenters. The fourth-order valence-electron chi connectivity index (χ4n) is 1.72. The fraction of sp³-hybridized carbons (Fsp3) is 0.417. The minimum Gasteiger partial charge on any atom is -0.497 e. The Morgan fingerprint density at radius 2 is 2.31 bits per heavy atom. The number of rotatable bonds is 2. The highest BCUT2D eigenvalue weighted by Gasteiger charge is 2.22. The van der Waals surface area contributed by atoms with Crippen molar-refractivity contribution in [3.05, 3.63) is 23.8 Å². The Morgan fingerprint density at radius 3 is 3.00 bits per heavy atom. The van der Waals surface area contributed by atoms with E-state index >= 15 is 0 Å². The molecule has 0 bridgehead atoms. The standard InChI is InChI=1S/C12H14O4/c1-8(13)15-12-6-4-9-3-5-10(14-2)7-11(9)16-12/h3,5,7,12H,4,6H2,1-2H3. The number of aryl methyl sites for hydroxylation is 1. The van der Waals surface area contributed by atoms with Crippen molar-refractivity contribution < 1.29 is 19.0 Å². The number of hydrogen-bond donors (Lipinski definition) is 0. The van der Waals surface area contributed by atoms with E-state index in [0.717, 1.165) is 23.5 Å². The summed E-state index contributed by atoms with van der Waals surface area (Å²) in [6.45, 7) is 1.38. The number of fused-ring (bicyclic) bond motifs is 1. The summed E-state index contributed by atoms with van der Waals surface area (Å²) in [5.41, 5.74) is 1.12. The minimum atomic E-state index is -0.475. The molecule has 4 nitrogen and oxygen atoms in total. The molecule has 0 aromatic heterocycles. The third kappa shape index (κ3) is 2.27. The van der Waals surface area contributed by atoms with Crippen LogP contribution in [-0.4, -0.2) is 19.4 Å². The lowest BCUT2D eigenvalue weighted by Crippen LogP contribution is -2.27. The van der Waals surface area contributed by atoms with Crippen molar-refractivity contribution in [1.82, 2.24) is 0 Å². The van der Waals surface area contributed by atoms with Gasteiger partial charge in [-0.15, -0.1) is 0 Å². The number of benzene rings is 1. The first-order valence-electron chi connectivity index (χ1n) is 5.20. The predicted molar refractivity (Wildman–Crippen MR) is 57.5 cm³/mol. The first kappa shape index (κ1) is 10.8. The van der Waals surface area contributed by atoms with Crippen LogP contribution in [0.15, 0.2) is 18.2 Å². The minimum absolute atomic E-state index is 0.323. The maximum absolute atomic E-state index is 10.8. The zero-order chi connectivity index (χ0) is 11.5. The summed E-state index contributed by atoms with van der Waals surface area (Å²) in [4.78, 5) is 10.8. The van der Waals surface area contributed by atoms with E-state index in [1.807, 2.05) is 18.2 Å². The van der Waals surface area contributed by atoms with E-state index in [2.05, 4.69) is 0 Å². The molecule has 4 heteroatoms. The first-order valence-corrected chi connectivity index (χ1v) is 5.20. The Hall–Kier alpha value is -1.71. The van der Waals surface area contributed by atoms with Crippen molar-refractivity contribution in [2.45, 2.75) is 26.1 Å². The van der Waals surface area contributed by atoms with Crippen LogP contribution in [-0.2, 0) is 16.0 Å². The van der Waals surface area contributed by atoms with E-state index in [-0.39, 0.29) is 5.97 Å². The third-order valence-electron chi connectivity index (χ3n) is 2.48. The molecule has 86 valence electrons. The highest BCUT2D eigenvalue weighted by Crippen LogP contribution is 2.31. The summed E-state index contributed by atoms with van der Waals surface area (Å²) in [5.74, 6) is 1.15. The molecule has 1 aliphatic rings. The summed E-state index contributed by atoms with van der Waals surface area (Å²) >= 11 is 0. The van der Waals surface area contributed by atoms with E-state index in [1.165, 1.54) is 6.92 Å². The molecule has 0 amide bonds. The molecule has 0 fully saturated rings. The average molecular weight is 222 g/mol. The Bertz CT molecular complexity index is 400. The largest absolute Gasteiger partial charge is 0.497 e. The van der Waals surface area contributed by atoms with Gasteiger partial charge in [-0.25, -0.2) is 0 Å². The van der Waals surface area contributed by atoms with Gasteiger partial charge in [0.25, 0.3) is 0 Å². The van der Waals surface area contributed by atoms with E-state index in [1.54, 1.807) is 7.11 Å². The monoisotopic (exact) mass is 222 g/mol. The van der Waals surface area contributed by atoms with Crippen molar-refractivity contribution in [2.24, 2.45) is 0 Å². The smallest absolute Gasteiger partial charge is 0.305 e. The lowest BCUT2D eigenvalue weighted by Gasteiger charge is -2.25. The molecule has 2 rings (SSSR count). The highest BCUT2D eigenvalue weighted by atomic mass is 16.7. The molecule has 0 N–H and O–H groups in total. The molecule has 0 radical (unpaired) electrons. The van der Waals surface area contributed by atoms with E-state index < -0.39 is 6.29 Å². The lowest BCUT2D eigenvalue weighted by molar-refractivity contribution is -0.162. The van der Waals surface area contributed by atoms with Gasteiger partial charge in [0.05, 0.1) is 7.11 Å². The zero-order valence-corrected chi connectivity index (χ0v) is 9.36. The van der Waals surface area contributed by atoms with Crippen LogP contribution in [0, 0.1) is 0 Å². The van der Waals surface area contributed by atoms with Gasteiger partial charge in [0.1, 0.15) is 11.5 Å². The second kappa shape index (κ2) is 4.43. The van der Waals surface area contributed by atoms with E-state index in [0.29, 0.717) is 6.42 Å². The molecular weight excluding hydrogens is 208 g/mol. The number of esters is 1. The van der Waals surface area contributed by atoms with Crippen molar-refractivity contribution in [3.8, 4) is 11.5 Å². The van der Waals surface area contributed by atoms with Crippen molar-refractivity contribution in [1.29, 1.82) is 0 Å². The average Bonchev–Trinajstić information content (AvgIpc) is 2.27. The summed E-state index contributed by atoms with van der Waals surface area (Å²) in [6.07, 6.45) is 1.06. The predicted octanol–water partition coefficient (Wildman–Crippen LogP) is 1.91. The van der Waals surface area contributed by atoms with Crippen molar-refractivity contribution in [2.75, 3.05) is 7.11 Å². The zero-order valence-electron chi connectivity index (χ0n) is 9.36. The molecule has 1 aromatic carbocycles. The second-order valence-corrected chi connectivity index (χ2v) is 3.67. The molecule has 1 atom stereocenters. The quantitative estimate of drug-likeness (QED) is 0.717. The van der Waals surface area contributed by atoms with Gasteiger partial charge in [0.2, 0.25) is 6.29 Å². The van der Waals surface area contributed by atoms with Crippen LogP contribution in [0.3, 0.4) is 0 Å². The molecule has 0 saturated heterocycles. The molecule has 0 aliphatic carbocycles. The van der Waals surface area contributed by atoms with Gasteiger partial charge in [-0.1, -0.05) is 6.07 Å². The number of methoxy groups -OCH3 is 1. The maximum atomic E-state index is 10.8. The van der Waals surface area contributed by atoms with Crippen LogP contribution in [0.2, 0.25) is 0 Å². The third-order valence-corrected chi connectivity index (χ3v) is 2.48. The second-order valence-electron chi connectivity index (χ2n) is 3.67. The molecule has 0 saturated carbocycles. The van der Waals surface area contributed by atoms with Crippen LogP contribution < -0.4 is 9.47 Å². The van der Waals surface area contributed by atoms with Gasteiger partial charge in [-0.3, -0.25) is 4.79 Å². The number of hydrogen-bond acceptors (Lipinski definition) is 4. The molecule has 0 spiro atoms. The van der Waals surface area contributed by atoms with Crippen LogP contribution >= 0.6 is 0 Å². The molecular formula is C12H14O4. The van der Waals surface area contributed by atoms with Gasteiger partial charge >= 0.3 is 5.97 Å². The molecule has 16 heavy (non-hydrogen) atoms. The summed E-state index contributed by atoms with van der Waals surface area (Å²) < 4.78 is 15.7. The SMILES string of the molecule is COc1ccc2c(c1)OC(OC(C)=O)CC2. The van der Waals surface area contributed by atoms with E-state index in [9.17, 15) is 4.79 Å². The van der Waals surface area contributed by atoms with Crippen molar-refractivity contribution in [3.63, 3.8) is 0 Å². The Balaban J connectivity index is 2.14. The summed E-state index contributed by atoms with van der Waals surface area (Å²) in [6, 6.07) is 5.68. The highest BCUT2D eigenvalue weighted by molar-refractivity contribution is 5.66. The van der Waals surface area contributed by atoms with Gasteiger partial charge < -0.3 is 14.2 Å². The van der Waals surface area contributed by atoms with Crippen LogP contribution in [0.25, 0.3) is 0 Å². The molecule has 1 aromatic rings. The van der Waals surface area contributed by atoms with Gasteiger partial charge in [0.15, 0.2) is 0 Å². The van der Waals surface area contributed by atoms with Crippen LogP contribution in [0.1, 0.15) is 18.9 Å². The Labute approximate surface area is 94.1 Å². The van der Waals surface area contributed by atoms with Gasteiger partial charge in [-0.2, -0.15) is 0 Å². The van der Waals surface area contributed by atoms with Gasteiger partial charge in [-0.05, 0) is 18.1 Å². The summed E-state index contributed by atoms with van der Waals surface area (Å²) in [7, 11) is 1.61. The lowest BCUT2D eigenvalue weighted by atomic mass is 10.1. The van der Waals surface area contributed by atoms with Crippen molar-refractivity contribution >= 4 is 5.97 Å². The van der Waals surface area contributed by atoms with E-state index in [4.69, 9.17) is 14.2 Å². The topological polar surface area (TPSA) is 44.8 Å². The Kier molecular flexibility index (Phi) is 2.99. The summed E-state index contributed by atoms with van der Waals surface area (Å²) in [5, 5.41) is 0. The first-order chi connectivity index (χ1) is 7.69. The molecule has 1 heterocycles. The number of carbonyl (C=O) groups excluding carboxylic acids is 1. The normalized spacial score (nSPS) is 18.2. The Morgan fingerprint density at radius 1 is 1.50 bits per heavy atom. The maximum Gasteiger partial charge on any atom is 0.305 e. The molecule has 1 aliphatic heterocycles.